The highest BCUT2D eigenvalue weighted by Gasteiger charge is 2.27. The molecule has 0 spiro atoms. The molecule has 10 heteroatoms. The van der Waals surface area contributed by atoms with Gasteiger partial charge >= 0.3 is 0 Å². The van der Waals surface area contributed by atoms with Gasteiger partial charge in [-0.25, -0.2) is 26.7 Å². The van der Waals surface area contributed by atoms with E-state index in [-0.39, 0.29) is 12.6 Å². The van der Waals surface area contributed by atoms with E-state index in [9.17, 15) is 21.6 Å². The fourth-order valence-corrected chi connectivity index (χ4v) is 3.09. The molecule has 0 aliphatic heterocycles. The van der Waals surface area contributed by atoms with Crippen LogP contribution >= 0.6 is 0 Å². The van der Waals surface area contributed by atoms with E-state index in [2.05, 4.69) is 5.32 Å². The monoisotopic (exact) mass is 376 g/mol. The fourth-order valence-electron chi connectivity index (χ4n) is 2.28. The molecule has 0 aromatic heterocycles. The molecule has 6 nitrogen and oxygen atoms in total. The molecule has 0 unspecified atom stereocenters. The van der Waals surface area contributed by atoms with Crippen LogP contribution in [0.25, 0.3) is 0 Å². The van der Waals surface area contributed by atoms with Crippen LogP contribution in [-0.2, 0) is 16.6 Å². The molecule has 0 aliphatic rings. The van der Waals surface area contributed by atoms with Crippen molar-refractivity contribution in [2.24, 2.45) is 5.14 Å². The summed E-state index contributed by atoms with van der Waals surface area (Å²) in [7, 11) is -1.93. The maximum absolute atomic E-state index is 14.0. The van der Waals surface area contributed by atoms with E-state index in [1.54, 1.807) is 18.2 Å². The van der Waals surface area contributed by atoms with Crippen LogP contribution in [0.2, 0.25) is 0 Å². The summed E-state index contributed by atoms with van der Waals surface area (Å²) < 4.78 is 74.7. The maximum atomic E-state index is 14.0. The number of halogens is 3. The van der Waals surface area contributed by atoms with Crippen LogP contribution in [0, 0.1) is 17.5 Å². The molecule has 0 radical (unpaired) electrons. The number of primary sulfonamides is 1. The van der Waals surface area contributed by atoms with Crippen LogP contribution in [0.3, 0.4) is 0 Å². The first-order valence-electron chi connectivity index (χ1n) is 6.84. The average Bonchev–Trinajstić information content (AvgIpc) is 2.55. The number of anilines is 1. The van der Waals surface area contributed by atoms with E-state index >= 15 is 0 Å². The number of nitrogens with one attached hydrogen (secondary N) is 1. The number of hydrogen-bond acceptors (Lipinski definition) is 5. The fraction of sp³-hybridized carbons (Fsp3) is 0.200. The van der Waals surface area contributed by atoms with E-state index in [0.29, 0.717) is 17.1 Å². The molecule has 0 saturated heterocycles. The van der Waals surface area contributed by atoms with Gasteiger partial charge in [-0.3, -0.25) is 0 Å². The quantitative estimate of drug-likeness (QED) is 0.756. The van der Waals surface area contributed by atoms with Gasteiger partial charge in [0.05, 0.1) is 25.5 Å². The Bertz CT molecular complexity index is 882. The van der Waals surface area contributed by atoms with E-state index in [1.165, 1.54) is 14.2 Å². The summed E-state index contributed by atoms with van der Waals surface area (Å²) in [5.74, 6) is -4.00. The Morgan fingerprint density at radius 2 is 1.64 bits per heavy atom. The molecule has 0 fully saturated rings. The van der Waals surface area contributed by atoms with E-state index in [1.807, 2.05) is 0 Å². The maximum Gasteiger partial charge on any atom is 0.243 e. The number of rotatable bonds is 6. The standard InChI is InChI=1S/C15H15F3N2O4S/c1-23-11-4-3-5-12(24-2)8(11)7-20-14-10(17)6-9(16)13(18)15(14)25(19,21)22/h3-6,20H,7H2,1-2H3,(H2,19,21,22). The molecule has 2 aromatic rings. The van der Waals surface area contributed by atoms with Crippen molar-refractivity contribution in [3.8, 4) is 11.5 Å². The zero-order valence-corrected chi connectivity index (χ0v) is 14.1. The van der Waals surface area contributed by atoms with Gasteiger partial charge in [0.15, 0.2) is 17.5 Å². The second-order valence-corrected chi connectivity index (χ2v) is 6.40. The SMILES string of the molecule is COc1cccc(OC)c1CNc1c(F)cc(F)c(F)c1S(N)(=O)=O. The first-order chi connectivity index (χ1) is 11.7. The van der Waals surface area contributed by atoms with Gasteiger partial charge in [-0.1, -0.05) is 6.07 Å². The Morgan fingerprint density at radius 3 is 2.12 bits per heavy atom. The Hall–Kier alpha value is -2.46. The molecule has 0 bridgehead atoms. The lowest BCUT2D eigenvalue weighted by Crippen LogP contribution is -2.19. The molecule has 0 amide bonds. The normalized spacial score (nSPS) is 11.3. The zero-order valence-electron chi connectivity index (χ0n) is 13.3. The van der Waals surface area contributed by atoms with Gasteiger partial charge in [0.25, 0.3) is 0 Å². The lowest BCUT2D eigenvalue weighted by Gasteiger charge is -2.16. The van der Waals surface area contributed by atoms with Gasteiger partial charge in [0, 0.05) is 12.6 Å². The minimum absolute atomic E-state index is 0.197. The van der Waals surface area contributed by atoms with Crippen LogP contribution in [0.1, 0.15) is 5.56 Å². The van der Waals surface area contributed by atoms with Crippen molar-refractivity contribution in [1.29, 1.82) is 0 Å². The summed E-state index contributed by atoms with van der Waals surface area (Å²) in [5, 5.41) is 7.31. The van der Waals surface area contributed by atoms with E-state index < -0.39 is 38.1 Å². The molecule has 2 aromatic carbocycles. The molecule has 0 heterocycles. The number of ether oxygens (including phenoxy) is 2. The van der Waals surface area contributed by atoms with Crippen LogP contribution in [0.4, 0.5) is 18.9 Å². The number of hydrogen-bond donors (Lipinski definition) is 2. The van der Waals surface area contributed by atoms with E-state index in [0.717, 1.165) is 0 Å². The van der Waals surface area contributed by atoms with Gasteiger partial charge in [-0.05, 0) is 12.1 Å². The first-order valence-corrected chi connectivity index (χ1v) is 8.39. The average molecular weight is 376 g/mol. The highest BCUT2D eigenvalue weighted by molar-refractivity contribution is 7.89. The summed E-state index contributed by atoms with van der Waals surface area (Å²) >= 11 is 0. The lowest BCUT2D eigenvalue weighted by molar-refractivity contribution is 0.386. The molecule has 2 rings (SSSR count). The molecular formula is C15H15F3N2O4S. The van der Waals surface area contributed by atoms with Gasteiger partial charge in [0.1, 0.15) is 16.4 Å². The van der Waals surface area contributed by atoms with Crippen molar-refractivity contribution in [2.75, 3.05) is 19.5 Å². The van der Waals surface area contributed by atoms with Gasteiger partial charge in [-0.15, -0.1) is 0 Å². The summed E-state index contributed by atoms with van der Waals surface area (Å²) in [6.07, 6.45) is 0. The first kappa shape index (κ1) is 18.9. The third kappa shape index (κ3) is 3.80. The van der Waals surface area contributed by atoms with Crippen LogP contribution < -0.4 is 19.9 Å². The van der Waals surface area contributed by atoms with Crippen molar-refractivity contribution >= 4 is 15.7 Å². The number of methoxy groups -OCH3 is 2. The summed E-state index contributed by atoms with van der Waals surface area (Å²) in [5.41, 5.74) is -0.369. The van der Waals surface area contributed by atoms with Gasteiger partial charge in [-0.2, -0.15) is 0 Å². The van der Waals surface area contributed by atoms with Crippen LogP contribution in [-0.4, -0.2) is 22.6 Å². The smallest absolute Gasteiger partial charge is 0.243 e. The topological polar surface area (TPSA) is 90.7 Å². The second kappa shape index (κ2) is 7.19. The number of benzene rings is 2. The lowest BCUT2D eigenvalue weighted by atomic mass is 10.1. The van der Waals surface area contributed by atoms with Crippen molar-refractivity contribution in [2.45, 2.75) is 11.4 Å². The van der Waals surface area contributed by atoms with Gasteiger partial charge in [0.2, 0.25) is 10.0 Å². The second-order valence-electron chi connectivity index (χ2n) is 4.90. The predicted octanol–water partition coefficient (Wildman–Crippen LogP) is 2.38. The Kier molecular flexibility index (Phi) is 5.43. The van der Waals surface area contributed by atoms with Crippen LogP contribution in [0.5, 0.6) is 11.5 Å². The summed E-state index contributed by atoms with van der Waals surface area (Å²) in [6.45, 7) is -0.197. The largest absolute Gasteiger partial charge is 0.496 e. The molecule has 3 N–H and O–H groups in total. The predicted molar refractivity (Wildman–Crippen MR) is 84.6 cm³/mol. The third-order valence-electron chi connectivity index (χ3n) is 3.38. The molecule has 0 saturated carbocycles. The highest BCUT2D eigenvalue weighted by Crippen LogP contribution is 2.32. The summed E-state index contributed by atoms with van der Waals surface area (Å²) in [4.78, 5) is -1.29. The number of sulfonamides is 1. The minimum atomic E-state index is -4.72. The Labute approximate surface area is 142 Å². The van der Waals surface area contributed by atoms with E-state index in [4.69, 9.17) is 14.6 Å². The molecular weight excluding hydrogens is 361 g/mol. The minimum Gasteiger partial charge on any atom is -0.496 e. The highest BCUT2D eigenvalue weighted by atomic mass is 32.2. The molecule has 0 aliphatic carbocycles. The van der Waals surface area contributed by atoms with Crippen molar-refractivity contribution in [3.05, 3.63) is 47.3 Å². The number of nitrogens with two attached hydrogens (primary N) is 1. The molecule has 0 atom stereocenters. The molecule has 136 valence electrons. The summed E-state index contributed by atoms with van der Waals surface area (Å²) in [6, 6.07) is 5.07. The zero-order chi connectivity index (χ0) is 18.8. The third-order valence-corrected chi connectivity index (χ3v) is 4.34. The Morgan fingerprint density at radius 1 is 1.08 bits per heavy atom. The Balaban J connectivity index is 2.52. The van der Waals surface area contributed by atoms with Crippen molar-refractivity contribution in [1.82, 2.24) is 0 Å². The van der Waals surface area contributed by atoms with Crippen molar-refractivity contribution < 1.29 is 31.1 Å². The van der Waals surface area contributed by atoms with Gasteiger partial charge < -0.3 is 14.8 Å². The van der Waals surface area contributed by atoms with Crippen molar-refractivity contribution in [3.63, 3.8) is 0 Å². The van der Waals surface area contributed by atoms with Crippen LogP contribution in [0.15, 0.2) is 29.2 Å². The molecule has 25 heavy (non-hydrogen) atoms.